The highest BCUT2D eigenvalue weighted by Gasteiger charge is 2.32. The zero-order chi connectivity index (χ0) is 25.0. The summed E-state index contributed by atoms with van der Waals surface area (Å²) in [6, 6.07) is 19.5. The van der Waals surface area contributed by atoms with E-state index in [9.17, 15) is 17.6 Å². The van der Waals surface area contributed by atoms with Crippen molar-refractivity contribution in [3.05, 3.63) is 90.0 Å². The Hall–Kier alpha value is -3.41. The second-order valence-electron chi connectivity index (χ2n) is 8.56. The third-order valence-electron chi connectivity index (χ3n) is 6.02. The Morgan fingerprint density at radius 3 is 2.11 bits per heavy atom. The third kappa shape index (κ3) is 5.99. The molecule has 0 aliphatic heterocycles. The molecule has 4 aromatic rings. The predicted octanol–water partition coefficient (Wildman–Crippen LogP) is 9.47. The van der Waals surface area contributed by atoms with E-state index in [1.165, 1.54) is 30.9 Å². The van der Waals surface area contributed by atoms with Crippen LogP contribution >= 0.6 is 0 Å². The maximum atomic E-state index is 15.3. The molecule has 4 rings (SSSR count). The van der Waals surface area contributed by atoms with Crippen molar-refractivity contribution in [2.45, 2.75) is 45.4 Å². The lowest BCUT2D eigenvalue weighted by Gasteiger charge is -2.12. The van der Waals surface area contributed by atoms with Crippen molar-refractivity contribution in [2.75, 3.05) is 0 Å². The van der Waals surface area contributed by atoms with Crippen LogP contribution in [0.2, 0.25) is 0 Å². The Bertz CT molecular complexity index is 1310. The van der Waals surface area contributed by atoms with Gasteiger partial charge >= 0.3 is 6.36 Å². The summed E-state index contributed by atoms with van der Waals surface area (Å²) >= 11 is 0. The molecule has 0 unspecified atom stereocenters. The second-order valence-corrected chi connectivity index (χ2v) is 8.56. The average Bonchev–Trinajstić information content (AvgIpc) is 2.83. The highest BCUT2D eigenvalue weighted by atomic mass is 19.4. The number of ether oxygens (including phenoxy) is 1. The molecule has 0 radical (unpaired) electrons. The zero-order valence-corrected chi connectivity index (χ0v) is 19.3. The van der Waals surface area contributed by atoms with Crippen molar-refractivity contribution in [1.82, 2.24) is 0 Å². The first-order valence-corrected chi connectivity index (χ1v) is 11.6. The molecule has 0 aromatic heterocycles. The molecule has 0 fully saturated rings. The number of hydrogen-bond donors (Lipinski definition) is 0. The molecule has 0 atom stereocenters. The summed E-state index contributed by atoms with van der Waals surface area (Å²) in [7, 11) is 0. The first-order valence-electron chi connectivity index (χ1n) is 11.6. The van der Waals surface area contributed by atoms with E-state index in [2.05, 4.69) is 11.7 Å². The van der Waals surface area contributed by atoms with Crippen molar-refractivity contribution in [1.29, 1.82) is 0 Å². The highest BCUT2D eigenvalue weighted by Crippen LogP contribution is 2.33. The van der Waals surface area contributed by atoms with Crippen LogP contribution in [0.25, 0.3) is 33.0 Å². The van der Waals surface area contributed by atoms with E-state index in [1.54, 1.807) is 30.3 Å². The molecular weight excluding hydrogens is 459 g/mol. The molecule has 0 amide bonds. The molecule has 182 valence electrons. The van der Waals surface area contributed by atoms with E-state index in [4.69, 9.17) is 0 Å². The molecule has 0 aliphatic rings. The number of unbranched alkanes of at least 4 members (excludes halogenated alkanes) is 3. The van der Waals surface area contributed by atoms with Gasteiger partial charge in [-0.1, -0.05) is 86.8 Å². The number of benzene rings is 4. The smallest absolute Gasteiger partial charge is 0.403 e. The fourth-order valence-corrected chi connectivity index (χ4v) is 4.21. The van der Waals surface area contributed by atoms with Gasteiger partial charge in [-0.25, -0.2) is 8.78 Å². The average molecular weight is 485 g/mol. The molecule has 0 saturated carbocycles. The number of fused-ring (bicyclic) bond motifs is 1. The van der Waals surface area contributed by atoms with Crippen molar-refractivity contribution < 1.29 is 26.7 Å². The van der Waals surface area contributed by atoms with E-state index in [1.807, 2.05) is 24.3 Å². The van der Waals surface area contributed by atoms with E-state index in [0.29, 0.717) is 27.6 Å². The summed E-state index contributed by atoms with van der Waals surface area (Å²) in [4.78, 5) is 0. The minimum Gasteiger partial charge on any atom is -0.403 e. The SMILES string of the molecule is CCCCCCc1ccc2c(F)c(-c3ccc(-c4ccc(OC(F)(F)F)c(F)c4)cc3)ccc2c1. The van der Waals surface area contributed by atoms with Crippen LogP contribution in [0.15, 0.2) is 72.8 Å². The van der Waals surface area contributed by atoms with Gasteiger partial charge in [0.1, 0.15) is 5.82 Å². The van der Waals surface area contributed by atoms with Crippen molar-refractivity contribution >= 4 is 10.8 Å². The van der Waals surface area contributed by atoms with Crippen LogP contribution in [0.1, 0.15) is 38.2 Å². The second kappa shape index (κ2) is 10.5. The summed E-state index contributed by atoms with van der Waals surface area (Å²) in [6.07, 6.45) is 0.725. The van der Waals surface area contributed by atoms with Crippen LogP contribution in [0.4, 0.5) is 22.0 Å². The van der Waals surface area contributed by atoms with Gasteiger partial charge in [-0.2, -0.15) is 0 Å². The summed E-state index contributed by atoms with van der Waals surface area (Å²) in [6.45, 7) is 2.18. The Balaban J connectivity index is 1.54. The van der Waals surface area contributed by atoms with Crippen LogP contribution in [-0.4, -0.2) is 6.36 Å². The van der Waals surface area contributed by atoms with Crippen LogP contribution in [0.3, 0.4) is 0 Å². The first kappa shape index (κ1) is 24.7. The highest BCUT2D eigenvalue weighted by molar-refractivity contribution is 5.89. The van der Waals surface area contributed by atoms with Crippen LogP contribution < -0.4 is 4.74 Å². The van der Waals surface area contributed by atoms with Gasteiger partial charge in [-0.05, 0) is 52.6 Å². The summed E-state index contributed by atoms with van der Waals surface area (Å²) in [5.74, 6) is -2.32. The van der Waals surface area contributed by atoms with Gasteiger partial charge < -0.3 is 4.74 Å². The van der Waals surface area contributed by atoms with E-state index in [-0.39, 0.29) is 5.82 Å². The molecule has 0 heterocycles. The topological polar surface area (TPSA) is 9.23 Å². The van der Waals surface area contributed by atoms with Gasteiger partial charge in [-0.15, -0.1) is 13.2 Å². The third-order valence-corrected chi connectivity index (χ3v) is 6.02. The van der Waals surface area contributed by atoms with E-state index < -0.39 is 17.9 Å². The molecule has 35 heavy (non-hydrogen) atoms. The maximum Gasteiger partial charge on any atom is 0.573 e. The van der Waals surface area contributed by atoms with Crippen molar-refractivity contribution in [2.24, 2.45) is 0 Å². The number of rotatable bonds is 8. The van der Waals surface area contributed by atoms with Gasteiger partial charge in [0.2, 0.25) is 0 Å². The fourth-order valence-electron chi connectivity index (χ4n) is 4.21. The van der Waals surface area contributed by atoms with Gasteiger partial charge in [0.15, 0.2) is 11.6 Å². The van der Waals surface area contributed by atoms with Gasteiger partial charge in [0.25, 0.3) is 0 Å². The van der Waals surface area contributed by atoms with Crippen LogP contribution in [0, 0.1) is 11.6 Å². The maximum absolute atomic E-state index is 15.3. The lowest BCUT2D eigenvalue weighted by atomic mass is 9.96. The Morgan fingerprint density at radius 1 is 0.714 bits per heavy atom. The van der Waals surface area contributed by atoms with Gasteiger partial charge in [-0.3, -0.25) is 0 Å². The molecule has 6 heteroatoms. The number of halogens is 5. The molecule has 0 saturated heterocycles. The predicted molar refractivity (Wildman–Crippen MR) is 129 cm³/mol. The largest absolute Gasteiger partial charge is 0.573 e. The summed E-state index contributed by atoms with van der Waals surface area (Å²) in [5, 5.41) is 1.40. The molecule has 4 aromatic carbocycles. The quantitative estimate of drug-likeness (QED) is 0.179. The Kier molecular flexibility index (Phi) is 7.39. The zero-order valence-electron chi connectivity index (χ0n) is 19.3. The van der Waals surface area contributed by atoms with Gasteiger partial charge in [0, 0.05) is 10.9 Å². The Labute approximate surface area is 201 Å². The minimum absolute atomic E-state index is 0.313. The summed E-state index contributed by atoms with van der Waals surface area (Å²) < 4.78 is 70.1. The van der Waals surface area contributed by atoms with Gasteiger partial charge in [0.05, 0.1) is 0 Å². The van der Waals surface area contributed by atoms with Crippen LogP contribution in [-0.2, 0) is 6.42 Å². The fraction of sp³-hybridized carbons (Fsp3) is 0.241. The minimum atomic E-state index is -4.97. The van der Waals surface area contributed by atoms with E-state index in [0.717, 1.165) is 30.4 Å². The number of aryl methyl sites for hydroxylation is 1. The number of alkyl halides is 3. The summed E-state index contributed by atoms with van der Waals surface area (Å²) in [5.41, 5.74) is 3.26. The van der Waals surface area contributed by atoms with E-state index >= 15 is 4.39 Å². The number of hydrogen-bond acceptors (Lipinski definition) is 1. The molecule has 1 nitrogen and oxygen atoms in total. The first-order chi connectivity index (χ1) is 16.7. The Morgan fingerprint density at radius 2 is 1.43 bits per heavy atom. The van der Waals surface area contributed by atoms with Crippen LogP contribution in [0.5, 0.6) is 5.75 Å². The van der Waals surface area contributed by atoms with Crippen molar-refractivity contribution in [3.8, 4) is 28.0 Å². The normalized spacial score (nSPS) is 11.7. The lowest BCUT2D eigenvalue weighted by Crippen LogP contribution is -2.17. The molecule has 0 bridgehead atoms. The molecule has 0 spiro atoms. The molecule has 0 aliphatic carbocycles. The standard InChI is InChI=1S/C29H25F5O/c1-2-3-4-5-6-19-7-14-25-23(17-19)12-15-24(28(25)31)21-10-8-20(9-11-21)22-13-16-27(26(30)18-22)35-29(32,33)34/h7-18H,2-6H2,1H3. The lowest BCUT2D eigenvalue weighted by molar-refractivity contribution is -0.275. The molecular formula is C29H25F5O. The monoisotopic (exact) mass is 484 g/mol. The van der Waals surface area contributed by atoms with Crippen molar-refractivity contribution in [3.63, 3.8) is 0 Å². The molecule has 0 N–H and O–H groups in total.